The minimum atomic E-state index is 0.292. The molecule has 1 unspecified atom stereocenters. The molecule has 1 fully saturated rings. The molecule has 3 heteroatoms. The molecule has 96 valence electrons. The predicted octanol–water partition coefficient (Wildman–Crippen LogP) is 3.60. The van der Waals surface area contributed by atoms with Crippen molar-refractivity contribution in [3.8, 4) is 0 Å². The molecule has 0 spiro atoms. The molecule has 0 bridgehead atoms. The van der Waals surface area contributed by atoms with Gasteiger partial charge in [0.05, 0.1) is 10.7 Å². The zero-order valence-corrected chi connectivity index (χ0v) is 12.1. The number of hydrogen-bond acceptors (Lipinski definition) is 3. The Labute approximate surface area is 109 Å². The number of hydrogen-bond donors (Lipinski definition) is 1. The van der Waals surface area contributed by atoms with E-state index in [1.165, 1.54) is 47.7 Å². The Bertz CT molecular complexity index is 358. The fourth-order valence-corrected chi connectivity index (χ4v) is 4.09. The molecule has 1 saturated carbocycles. The van der Waals surface area contributed by atoms with E-state index in [4.69, 9.17) is 5.73 Å². The summed E-state index contributed by atoms with van der Waals surface area (Å²) >= 11 is 1.82. The van der Waals surface area contributed by atoms with Crippen LogP contribution in [0.5, 0.6) is 0 Å². The third-order valence-corrected chi connectivity index (χ3v) is 5.65. The van der Waals surface area contributed by atoms with Crippen molar-refractivity contribution in [2.75, 3.05) is 0 Å². The molecule has 2 N–H and O–H groups in total. The normalized spacial score (nSPS) is 20.7. The Kier molecular flexibility index (Phi) is 3.88. The van der Waals surface area contributed by atoms with Gasteiger partial charge in [-0.2, -0.15) is 0 Å². The number of nitrogens with zero attached hydrogens (tertiary/aromatic N) is 1. The summed E-state index contributed by atoms with van der Waals surface area (Å²) in [7, 11) is 0. The standard InChI is InChI=1S/C14H24N2S/c1-4-14(7-5-6-8-14)12(15)9-13-16-10(2)11(3)17-13/h12H,4-9,15H2,1-3H3. The van der Waals surface area contributed by atoms with Gasteiger partial charge in [0.1, 0.15) is 0 Å². The minimum absolute atomic E-state index is 0.292. The van der Waals surface area contributed by atoms with Gasteiger partial charge >= 0.3 is 0 Å². The maximum absolute atomic E-state index is 6.48. The summed E-state index contributed by atoms with van der Waals surface area (Å²) in [5, 5.41) is 1.23. The number of nitrogens with two attached hydrogens (primary N) is 1. The highest BCUT2D eigenvalue weighted by molar-refractivity contribution is 7.11. The van der Waals surface area contributed by atoms with Gasteiger partial charge in [0.15, 0.2) is 0 Å². The second kappa shape index (κ2) is 5.07. The Balaban J connectivity index is 2.07. The Morgan fingerprint density at radius 3 is 2.47 bits per heavy atom. The quantitative estimate of drug-likeness (QED) is 0.889. The predicted molar refractivity (Wildman–Crippen MR) is 74.5 cm³/mol. The van der Waals surface area contributed by atoms with Gasteiger partial charge < -0.3 is 5.73 Å². The van der Waals surface area contributed by atoms with E-state index in [9.17, 15) is 0 Å². The molecule has 0 aliphatic heterocycles. The lowest BCUT2D eigenvalue weighted by Gasteiger charge is -2.34. The van der Waals surface area contributed by atoms with Crippen LogP contribution >= 0.6 is 11.3 Å². The van der Waals surface area contributed by atoms with Crippen LogP contribution < -0.4 is 5.73 Å². The van der Waals surface area contributed by atoms with Crippen LogP contribution in [0.2, 0.25) is 0 Å². The monoisotopic (exact) mass is 252 g/mol. The van der Waals surface area contributed by atoms with Gasteiger partial charge in [-0.25, -0.2) is 4.98 Å². The first-order chi connectivity index (χ1) is 8.07. The van der Waals surface area contributed by atoms with Gasteiger partial charge in [-0.15, -0.1) is 11.3 Å². The molecule has 2 nitrogen and oxygen atoms in total. The summed E-state index contributed by atoms with van der Waals surface area (Å²) in [6.45, 7) is 6.53. The molecule has 0 amide bonds. The molecule has 2 rings (SSSR count). The zero-order valence-electron chi connectivity index (χ0n) is 11.3. The Hall–Kier alpha value is -0.410. The molecule has 1 aliphatic carbocycles. The smallest absolute Gasteiger partial charge is 0.0946 e. The SMILES string of the molecule is CCC1(C(N)Cc2nc(C)c(C)s2)CCCC1. The fraction of sp³-hybridized carbons (Fsp3) is 0.786. The minimum Gasteiger partial charge on any atom is -0.327 e. The van der Waals surface area contributed by atoms with Gasteiger partial charge in [0, 0.05) is 17.3 Å². The highest BCUT2D eigenvalue weighted by Crippen LogP contribution is 2.44. The van der Waals surface area contributed by atoms with E-state index in [0.717, 1.165) is 6.42 Å². The van der Waals surface area contributed by atoms with Crippen LogP contribution in [0.3, 0.4) is 0 Å². The second-order valence-electron chi connectivity index (χ2n) is 5.48. The molecule has 17 heavy (non-hydrogen) atoms. The Morgan fingerprint density at radius 1 is 1.35 bits per heavy atom. The average molecular weight is 252 g/mol. The van der Waals surface area contributed by atoms with Gasteiger partial charge in [0.2, 0.25) is 0 Å². The first kappa shape index (κ1) is 13.0. The Morgan fingerprint density at radius 2 is 2.00 bits per heavy atom. The maximum Gasteiger partial charge on any atom is 0.0946 e. The summed E-state index contributed by atoms with van der Waals surface area (Å²) in [5.74, 6) is 0. The first-order valence-electron chi connectivity index (χ1n) is 6.76. The van der Waals surface area contributed by atoms with E-state index in [0.29, 0.717) is 11.5 Å². The zero-order chi connectivity index (χ0) is 12.5. The molecular weight excluding hydrogens is 228 g/mol. The molecule has 0 aromatic carbocycles. The summed E-state index contributed by atoms with van der Waals surface area (Å²) < 4.78 is 0. The maximum atomic E-state index is 6.48. The van der Waals surface area contributed by atoms with E-state index >= 15 is 0 Å². The number of thiazole rings is 1. The lowest BCUT2D eigenvalue weighted by atomic mass is 9.75. The van der Waals surface area contributed by atoms with Crippen LogP contribution in [0.4, 0.5) is 0 Å². The van der Waals surface area contributed by atoms with Crippen LogP contribution in [-0.2, 0) is 6.42 Å². The number of aryl methyl sites for hydroxylation is 2. The molecule has 1 aliphatic rings. The summed E-state index contributed by atoms with van der Waals surface area (Å²) in [6, 6.07) is 0.292. The van der Waals surface area contributed by atoms with E-state index < -0.39 is 0 Å². The lowest BCUT2D eigenvalue weighted by Crippen LogP contribution is -2.41. The van der Waals surface area contributed by atoms with Gasteiger partial charge in [-0.05, 0) is 38.5 Å². The van der Waals surface area contributed by atoms with Crippen molar-refractivity contribution in [3.63, 3.8) is 0 Å². The summed E-state index contributed by atoms with van der Waals surface area (Å²) in [5.41, 5.74) is 8.05. The highest BCUT2D eigenvalue weighted by Gasteiger charge is 2.38. The molecule has 1 atom stereocenters. The highest BCUT2D eigenvalue weighted by atomic mass is 32.1. The van der Waals surface area contributed by atoms with E-state index in [-0.39, 0.29) is 0 Å². The third-order valence-electron chi connectivity index (χ3n) is 4.56. The van der Waals surface area contributed by atoms with Crippen molar-refractivity contribution in [2.45, 2.75) is 65.3 Å². The molecule has 0 radical (unpaired) electrons. The van der Waals surface area contributed by atoms with Crippen molar-refractivity contribution in [3.05, 3.63) is 15.6 Å². The van der Waals surface area contributed by atoms with Crippen molar-refractivity contribution < 1.29 is 0 Å². The van der Waals surface area contributed by atoms with Crippen molar-refractivity contribution in [1.82, 2.24) is 4.98 Å². The largest absolute Gasteiger partial charge is 0.327 e. The van der Waals surface area contributed by atoms with Crippen molar-refractivity contribution in [2.24, 2.45) is 11.1 Å². The molecule has 0 saturated heterocycles. The van der Waals surface area contributed by atoms with Gasteiger partial charge in [0.25, 0.3) is 0 Å². The van der Waals surface area contributed by atoms with Crippen LogP contribution in [0.1, 0.15) is 54.6 Å². The molecule has 1 aromatic heterocycles. The van der Waals surface area contributed by atoms with E-state index in [1.807, 2.05) is 11.3 Å². The lowest BCUT2D eigenvalue weighted by molar-refractivity contribution is 0.218. The molecule has 1 heterocycles. The second-order valence-corrected chi connectivity index (χ2v) is 6.77. The first-order valence-corrected chi connectivity index (χ1v) is 7.57. The average Bonchev–Trinajstić information content (AvgIpc) is 2.88. The van der Waals surface area contributed by atoms with Gasteiger partial charge in [-0.1, -0.05) is 19.8 Å². The molecular formula is C14H24N2S. The van der Waals surface area contributed by atoms with Crippen LogP contribution in [0.15, 0.2) is 0 Å². The van der Waals surface area contributed by atoms with Gasteiger partial charge in [-0.3, -0.25) is 0 Å². The van der Waals surface area contributed by atoms with Crippen molar-refractivity contribution >= 4 is 11.3 Å². The fourth-order valence-electron chi connectivity index (χ4n) is 3.10. The number of rotatable bonds is 4. The van der Waals surface area contributed by atoms with Crippen LogP contribution in [-0.4, -0.2) is 11.0 Å². The van der Waals surface area contributed by atoms with Crippen molar-refractivity contribution in [1.29, 1.82) is 0 Å². The topological polar surface area (TPSA) is 38.9 Å². The third kappa shape index (κ3) is 2.55. The van der Waals surface area contributed by atoms with Crippen LogP contribution in [0.25, 0.3) is 0 Å². The summed E-state index contributed by atoms with van der Waals surface area (Å²) in [6.07, 6.45) is 7.53. The van der Waals surface area contributed by atoms with E-state index in [2.05, 4.69) is 25.8 Å². The molecule has 1 aromatic rings. The number of aromatic nitrogens is 1. The summed E-state index contributed by atoms with van der Waals surface area (Å²) in [4.78, 5) is 5.96. The van der Waals surface area contributed by atoms with Crippen LogP contribution in [0, 0.1) is 19.3 Å². The van der Waals surface area contributed by atoms with E-state index in [1.54, 1.807) is 0 Å².